The van der Waals surface area contributed by atoms with E-state index in [1.54, 1.807) is 0 Å². The summed E-state index contributed by atoms with van der Waals surface area (Å²) >= 11 is 0. The molecule has 0 bridgehead atoms. The predicted octanol–water partition coefficient (Wildman–Crippen LogP) is 13.0. The van der Waals surface area contributed by atoms with E-state index in [0.29, 0.717) is 5.92 Å². The molecule has 0 N–H and O–H groups in total. The van der Waals surface area contributed by atoms with Crippen molar-refractivity contribution < 1.29 is 4.74 Å². The summed E-state index contributed by atoms with van der Waals surface area (Å²) in [5.41, 5.74) is 11.6. The van der Waals surface area contributed by atoms with Crippen LogP contribution in [-0.2, 0) is 6.42 Å². The van der Waals surface area contributed by atoms with Crippen LogP contribution in [0.25, 0.3) is 44.4 Å². The summed E-state index contributed by atoms with van der Waals surface area (Å²) in [7, 11) is 0. The summed E-state index contributed by atoms with van der Waals surface area (Å²) in [5, 5.41) is 7.50. The van der Waals surface area contributed by atoms with Gasteiger partial charge in [0.1, 0.15) is 17.3 Å². The first-order chi connectivity index (χ1) is 25.0. The third kappa shape index (κ3) is 7.27. The lowest BCUT2D eigenvalue weighted by Gasteiger charge is -2.20. The molecular weight excluding hydrogens is 637 g/mol. The van der Waals surface area contributed by atoms with Crippen molar-refractivity contribution >= 4 is 21.8 Å². The largest absolute Gasteiger partial charge is 0.457 e. The number of unbranched alkanes of at least 4 members (excludes halogenated alkanes) is 2. The summed E-state index contributed by atoms with van der Waals surface area (Å²) in [6, 6.07) is 34.8. The van der Waals surface area contributed by atoms with E-state index in [2.05, 4.69) is 162 Å². The third-order valence-corrected chi connectivity index (χ3v) is 10.2. The fourth-order valence-electron chi connectivity index (χ4n) is 7.74. The zero-order valence-corrected chi connectivity index (χ0v) is 32.1. The summed E-state index contributed by atoms with van der Waals surface area (Å²) < 4.78 is 11.2. The molecule has 1 atom stereocenters. The van der Waals surface area contributed by atoms with Gasteiger partial charge < -0.3 is 4.74 Å². The maximum absolute atomic E-state index is 6.82. The molecule has 5 heteroatoms. The standard InChI is InChI=1S/C47H52N4O/c1-9-10-12-15-32(3)37-18-21-43-42(27-37)41-20-19-39(29-44(41)50(43)45-24-31(2)22-23-48-45)52-40-26-35(30-47(6,7)8)25-38(28-40)51-34(5)46(33(4)49-51)36-16-13-11-14-17-36/h11,13-14,16-29,32H,9-10,12,15,30H2,1-8H3. The van der Waals surface area contributed by atoms with Gasteiger partial charge in [0.2, 0.25) is 0 Å². The van der Waals surface area contributed by atoms with Gasteiger partial charge in [0, 0.05) is 40.4 Å². The lowest BCUT2D eigenvalue weighted by molar-refractivity contribution is 0.409. The van der Waals surface area contributed by atoms with Crippen LogP contribution in [-0.4, -0.2) is 19.3 Å². The van der Waals surface area contributed by atoms with Crippen molar-refractivity contribution in [1.82, 2.24) is 19.3 Å². The predicted molar refractivity (Wildman–Crippen MR) is 218 cm³/mol. The average molecular weight is 689 g/mol. The first-order valence-corrected chi connectivity index (χ1v) is 18.9. The maximum Gasteiger partial charge on any atom is 0.137 e. The highest BCUT2D eigenvalue weighted by Crippen LogP contribution is 2.38. The van der Waals surface area contributed by atoms with Crippen LogP contribution in [0.5, 0.6) is 11.5 Å². The molecule has 0 fully saturated rings. The summed E-state index contributed by atoms with van der Waals surface area (Å²) in [5.74, 6) is 3.00. The molecule has 0 radical (unpaired) electrons. The lowest BCUT2D eigenvalue weighted by atomic mass is 9.88. The maximum atomic E-state index is 6.82. The molecule has 0 saturated carbocycles. The Hall–Kier alpha value is -5.16. The second-order valence-electron chi connectivity index (χ2n) is 15.9. The summed E-state index contributed by atoms with van der Waals surface area (Å²) in [6.45, 7) is 17.8. The van der Waals surface area contributed by atoms with Crippen LogP contribution < -0.4 is 4.74 Å². The molecule has 5 nitrogen and oxygen atoms in total. The third-order valence-electron chi connectivity index (χ3n) is 10.2. The molecule has 0 aliphatic rings. The van der Waals surface area contributed by atoms with E-state index < -0.39 is 0 Å². The molecule has 0 aliphatic carbocycles. The summed E-state index contributed by atoms with van der Waals surface area (Å²) in [6.07, 6.45) is 7.80. The molecule has 3 aromatic heterocycles. The highest BCUT2D eigenvalue weighted by atomic mass is 16.5. The Labute approximate surface area is 309 Å². The number of benzene rings is 4. The van der Waals surface area contributed by atoms with E-state index in [-0.39, 0.29) is 5.41 Å². The second kappa shape index (κ2) is 14.5. The van der Waals surface area contributed by atoms with Gasteiger partial charge in [-0.15, -0.1) is 0 Å². The molecule has 0 spiro atoms. The van der Waals surface area contributed by atoms with Gasteiger partial charge in [0.25, 0.3) is 0 Å². The van der Waals surface area contributed by atoms with Crippen molar-refractivity contribution in [3.63, 3.8) is 0 Å². The van der Waals surface area contributed by atoms with Crippen LogP contribution in [0.15, 0.2) is 103 Å². The molecule has 4 aromatic carbocycles. The minimum absolute atomic E-state index is 0.104. The van der Waals surface area contributed by atoms with Gasteiger partial charge in [-0.2, -0.15) is 5.10 Å². The van der Waals surface area contributed by atoms with E-state index in [9.17, 15) is 0 Å². The fraction of sp³-hybridized carbons (Fsp3) is 0.319. The molecule has 266 valence electrons. The quantitative estimate of drug-likeness (QED) is 0.127. The Morgan fingerprint density at radius 1 is 0.769 bits per heavy atom. The van der Waals surface area contributed by atoms with Gasteiger partial charge in [0.15, 0.2) is 0 Å². The lowest BCUT2D eigenvalue weighted by Crippen LogP contribution is -2.10. The number of ether oxygens (including phenoxy) is 1. The van der Waals surface area contributed by atoms with E-state index in [0.717, 1.165) is 51.8 Å². The minimum atomic E-state index is 0.104. The number of aryl methyl sites for hydroxylation is 2. The molecular formula is C47H52N4O. The van der Waals surface area contributed by atoms with Gasteiger partial charge in [-0.1, -0.05) is 90.3 Å². The average Bonchev–Trinajstić information content (AvgIpc) is 3.59. The van der Waals surface area contributed by atoms with Crippen molar-refractivity contribution in [1.29, 1.82) is 0 Å². The highest BCUT2D eigenvalue weighted by molar-refractivity contribution is 6.09. The van der Waals surface area contributed by atoms with Crippen molar-refractivity contribution in [2.24, 2.45) is 5.41 Å². The minimum Gasteiger partial charge on any atom is -0.457 e. The van der Waals surface area contributed by atoms with Crippen LogP contribution >= 0.6 is 0 Å². The fourth-order valence-corrected chi connectivity index (χ4v) is 7.74. The van der Waals surface area contributed by atoms with Crippen LogP contribution in [0.1, 0.15) is 94.3 Å². The molecule has 7 aromatic rings. The topological polar surface area (TPSA) is 44.9 Å². The zero-order valence-electron chi connectivity index (χ0n) is 32.1. The van der Waals surface area contributed by atoms with Crippen LogP contribution in [0.3, 0.4) is 0 Å². The first kappa shape index (κ1) is 35.3. The van der Waals surface area contributed by atoms with E-state index in [1.807, 2.05) is 6.20 Å². The Balaban J connectivity index is 1.33. The zero-order chi connectivity index (χ0) is 36.6. The highest BCUT2D eigenvalue weighted by Gasteiger charge is 2.20. The number of rotatable bonds is 11. The number of hydrogen-bond donors (Lipinski definition) is 0. The van der Waals surface area contributed by atoms with E-state index >= 15 is 0 Å². The molecule has 7 rings (SSSR count). The van der Waals surface area contributed by atoms with Crippen LogP contribution in [0.4, 0.5) is 0 Å². The van der Waals surface area contributed by atoms with Crippen molar-refractivity contribution in [2.75, 3.05) is 0 Å². The number of pyridine rings is 1. The van der Waals surface area contributed by atoms with Gasteiger partial charge in [-0.25, -0.2) is 9.67 Å². The van der Waals surface area contributed by atoms with E-state index in [1.165, 1.54) is 64.3 Å². The van der Waals surface area contributed by atoms with E-state index in [4.69, 9.17) is 14.8 Å². The van der Waals surface area contributed by atoms with Crippen molar-refractivity contribution in [3.05, 3.63) is 131 Å². The van der Waals surface area contributed by atoms with Gasteiger partial charge >= 0.3 is 0 Å². The Morgan fingerprint density at radius 3 is 2.33 bits per heavy atom. The molecule has 1 unspecified atom stereocenters. The number of nitrogens with zero attached hydrogens (tertiary/aromatic N) is 4. The normalized spacial score (nSPS) is 12.5. The van der Waals surface area contributed by atoms with Gasteiger partial charge in [0.05, 0.1) is 22.4 Å². The molecule has 0 amide bonds. The Morgan fingerprint density at radius 2 is 1.58 bits per heavy atom. The van der Waals surface area contributed by atoms with Crippen molar-refractivity contribution in [2.45, 2.75) is 93.4 Å². The number of aromatic nitrogens is 4. The van der Waals surface area contributed by atoms with Crippen molar-refractivity contribution in [3.8, 4) is 34.1 Å². The second-order valence-corrected chi connectivity index (χ2v) is 15.9. The molecule has 0 saturated heterocycles. The molecule has 3 heterocycles. The SMILES string of the molecule is CCCCCC(C)c1ccc2c(c1)c1ccc(Oc3cc(CC(C)(C)C)cc(-n4nc(C)c(-c5ccccc5)c4C)c3)cc1n2-c1cc(C)ccn1. The van der Waals surface area contributed by atoms with Gasteiger partial charge in [-0.3, -0.25) is 4.57 Å². The number of fused-ring (bicyclic) bond motifs is 3. The molecule has 52 heavy (non-hydrogen) atoms. The Bertz CT molecular complexity index is 2360. The summed E-state index contributed by atoms with van der Waals surface area (Å²) in [4.78, 5) is 4.85. The monoisotopic (exact) mass is 688 g/mol. The first-order valence-electron chi connectivity index (χ1n) is 18.9. The van der Waals surface area contributed by atoms with Gasteiger partial charge in [-0.05, 0) is 116 Å². The number of hydrogen-bond acceptors (Lipinski definition) is 3. The van der Waals surface area contributed by atoms with Crippen LogP contribution in [0, 0.1) is 26.2 Å². The Kier molecular flexibility index (Phi) is 9.80. The molecule has 0 aliphatic heterocycles. The van der Waals surface area contributed by atoms with Crippen LogP contribution in [0.2, 0.25) is 0 Å². The smallest absolute Gasteiger partial charge is 0.137 e.